The minimum absolute atomic E-state index is 0.0436. The second kappa shape index (κ2) is 13.0. The Bertz CT molecular complexity index is 878. The van der Waals surface area contributed by atoms with Crippen LogP contribution in [0.1, 0.15) is 60.5 Å². The van der Waals surface area contributed by atoms with Crippen molar-refractivity contribution in [3.05, 3.63) is 29.8 Å². The van der Waals surface area contributed by atoms with Crippen LogP contribution < -0.4 is 16.0 Å². The van der Waals surface area contributed by atoms with Gasteiger partial charge in [0.05, 0.1) is 0 Å². The van der Waals surface area contributed by atoms with Gasteiger partial charge in [0.15, 0.2) is 0 Å². The highest BCUT2D eigenvalue weighted by Crippen LogP contribution is 2.14. The number of hydrogen-bond donors (Lipinski definition) is 5. The van der Waals surface area contributed by atoms with Gasteiger partial charge in [0.25, 0.3) is 0 Å². The summed E-state index contributed by atoms with van der Waals surface area (Å²) in [5, 5.41) is 26.8. The number of carboxylic acid groups (broad SMARTS) is 1. The zero-order valence-electron chi connectivity index (χ0n) is 21.5. The monoisotopic (exact) mass is 493 g/mol. The molecule has 0 aliphatic carbocycles. The highest BCUT2D eigenvalue weighted by atomic mass is 16.6. The maximum absolute atomic E-state index is 13.1. The molecule has 0 saturated carbocycles. The number of carbonyl (C=O) groups is 4. The van der Waals surface area contributed by atoms with Gasteiger partial charge in [0, 0.05) is 6.42 Å². The fraction of sp³-hybridized carbons (Fsp3) is 0.600. The van der Waals surface area contributed by atoms with E-state index < -0.39 is 47.6 Å². The largest absolute Gasteiger partial charge is 0.508 e. The second-order valence-corrected chi connectivity index (χ2v) is 10.0. The molecule has 0 bridgehead atoms. The number of ether oxygens (including phenoxy) is 1. The first-order valence-corrected chi connectivity index (χ1v) is 11.8. The number of nitrogens with one attached hydrogen (secondary N) is 3. The van der Waals surface area contributed by atoms with Crippen LogP contribution in [0.4, 0.5) is 4.79 Å². The Kier molecular flexibility index (Phi) is 11.0. The van der Waals surface area contributed by atoms with Crippen molar-refractivity contribution < 1.29 is 34.1 Å². The number of benzene rings is 1. The minimum Gasteiger partial charge on any atom is -0.508 e. The Hall–Kier alpha value is -3.30. The normalized spacial score (nSPS) is 14.9. The summed E-state index contributed by atoms with van der Waals surface area (Å²) in [6.45, 7) is 12.1. The predicted octanol–water partition coefficient (Wildman–Crippen LogP) is 2.58. The van der Waals surface area contributed by atoms with Crippen LogP contribution in [0.3, 0.4) is 0 Å². The molecular formula is C25H39N3O7. The van der Waals surface area contributed by atoms with Gasteiger partial charge in [0.1, 0.15) is 29.5 Å². The number of phenols is 1. The Morgan fingerprint density at radius 3 is 1.94 bits per heavy atom. The van der Waals surface area contributed by atoms with E-state index in [1.165, 1.54) is 12.1 Å². The van der Waals surface area contributed by atoms with Crippen molar-refractivity contribution in [3.8, 4) is 5.75 Å². The van der Waals surface area contributed by atoms with E-state index >= 15 is 0 Å². The molecule has 0 saturated heterocycles. The number of hydrogen-bond acceptors (Lipinski definition) is 6. The number of alkyl carbamates (subject to hydrolysis) is 1. The summed E-state index contributed by atoms with van der Waals surface area (Å²) in [5.41, 5.74) is -0.120. The maximum atomic E-state index is 13.1. The molecule has 4 atom stereocenters. The van der Waals surface area contributed by atoms with Crippen molar-refractivity contribution in [3.63, 3.8) is 0 Å². The summed E-state index contributed by atoms with van der Waals surface area (Å²) in [6.07, 6.45) is -0.197. The van der Waals surface area contributed by atoms with E-state index in [2.05, 4.69) is 16.0 Å². The van der Waals surface area contributed by atoms with Crippen LogP contribution in [0.15, 0.2) is 24.3 Å². The predicted molar refractivity (Wildman–Crippen MR) is 131 cm³/mol. The quantitative estimate of drug-likeness (QED) is 0.317. The van der Waals surface area contributed by atoms with Crippen LogP contribution in [-0.4, -0.2) is 57.8 Å². The smallest absolute Gasteiger partial charge is 0.408 e. The summed E-state index contributed by atoms with van der Waals surface area (Å²) in [4.78, 5) is 50.3. The van der Waals surface area contributed by atoms with Gasteiger partial charge in [-0.1, -0.05) is 46.2 Å². The third kappa shape index (κ3) is 10.2. The van der Waals surface area contributed by atoms with Crippen molar-refractivity contribution >= 4 is 23.9 Å². The van der Waals surface area contributed by atoms with Crippen LogP contribution in [0, 0.1) is 11.8 Å². The van der Waals surface area contributed by atoms with Crippen LogP contribution in [0.5, 0.6) is 5.75 Å². The van der Waals surface area contributed by atoms with E-state index in [-0.39, 0.29) is 24.0 Å². The zero-order valence-corrected chi connectivity index (χ0v) is 21.5. The van der Waals surface area contributed by atoms with Gasteiger partial charge < -0.3 is 30.9 Å². The molecule has 0 aromatic heterocycles. The Morgan fingerprint density at radius 1 is 0.914 bits per heavy atom. The van der Waals surface area contributed by atoms with E-state index in [0.717, 1.165) is 0 Å². The van der Waals surface area contributed by atoms with E-state index in [0.29, 0.717) is 12.0 Å². The first-order chi connectivity index (χ1) is 16.1. The Morgan fingerprint density at radius 2 is 1.49 bits per heavy atom. The molecule has 10 heteroatoms. The summed E-state index contributed by atoms with van der Waals surface area (Å²) in [7, 11) is 0. The lowest BCUT2D eigenvalue weighted by Crippen LogP contribution is -2.58. The Labute approximate surface area is 206 Å². The van der Waals surface area contributed by atoms with Gasteiger partial charge in [-0.05, 0) is 50.3 Å². The molecule has 0 radical (unpaired) electrons. The Balaban J connectivity index is 3.15. The van der Waals surface area contributed by atoms with Crippen molar-refractivity contribution in [2.45, 2.75) is 85.0 Å². The molecule has 0 aliphatic rings. The first-order valence-electron chi connectivity index (χ1n) is 11.8. The van der Waals surface area contributed by atoms with Gasteiger partial charge in [0.2, 0.25) is 11.8 Å². The second-order valence-electron chi connectivity index (χ2n) is 10.0. The molecule has 0 spiro atoms. The molecule has 1 aromatic rings. The number of carboxylic acids is 1. The van der Waals surface area contributed by atoms with Crippen molar-refractivity contribution in [1.82, 2.24) is 16.0 Å². The first kappa shape index (κ1) is 29.7. The number of aliphatic carboxylic acids is 1. The fourth-order valence-electron chi connectivity index (χ4n) is 3.24. The number of amides is 3. The lowest BCUT2D eigenvalue weighted by atomic mass is 9.97. The molecule has 35 heavy (non-hydrogen) atoms. The van der Waals surface area contributed by atoms with Crippen molar-refractivity contribution in [1.29, 1.82) is 0 Å². The van der Waals surface area contributed by atoms with E-state index in [1.54, 1.807) is 53.7 Å². The van der Waals surface area contributed by atoms with Gasteiger partial charge in [-0.15, -0.1) is 0 Å². The molecule has 0 heterocycles. The van der Waals surface area contributed by atoms with Crippen LogP contribution >= 0.6 is 0 Å². The van der Waals surface area contributed by atoms with E-state index in [4.69, 9.17) is 4.74 Å². The molecule has 0 fully saturated rings. The topological polar surface area (TPSA) is 154 Å². The molecular weight excluding hydrogens is 454 g/mol. The summed E-state index contributed by atoms with van der Waals surface area (Å²) in [6, 6.07) is 2.85. The molecule has 196 valence electrons. The van der Waals surface area contributed by atoms with Crippen molar-refractivity contribution in [2.75, 3.05) is 0 Å². The molecule has 1 rings (SSSR count). The fourth-order valence-corrected chi connectivity index (χ4v) is 3.24. The number of phenolic OH excluding ortho intramolecular Hbond substituents is 1. The molecule has 1 aromatic carbocycles. The maximum Gasteiger partial charge on any atom is 0.408 e. The molecule has 10 nitrogen and oxygen atoms in total. The van der Waals surface area contributed by atoms with Gasteiger partial charge in [-0.2, -0.15) is 0 Å². The molecule has 3 amide bonds. The highest BCUT2D eigenvalue weighted by molar-refractivity contribution is 5.93. The van der Waals surface area contributed by atoms with Crippen LogP contribution in [0.25, 0.3) is 0 Å². The average molecular weight is 494 g/mol. The lowest BCUT2D eigenvalue weighted by molar-refractivity contribution is -0.143. The molecule has 5 N–H and O–H groups in total. The third-order valence-electron chi connectivity index (χ3n) is 5.41. The third-order valence-corrected chi connectivity index (χ3v) is 5.41. The van der Waals surface area contributed by atoms with E-state index in [9.17, 15) is 29.4 Å². The summed E-state index contributed by atoms with van der Waals surface area (Å²) >= 11 is 0. The lowest BCUT2D eigenvalue weighted by Gasteiger charge is -2.28. The summed E-state index contributed by atoms with van der Waals surface area (Å²) < 4.78 is 5.25. The van der Waals surface area contributed by atoms with Gasteiger partial charge >= 0.3 is 12.1 Å². The molecule has 0 aliphatic heterocycles. The van der Waals surface area contributed by atoms with E-state index in [1.807, 2.05) is 6.92 Å². The zero-order chi connectivity index (χ0) is 26.9. The van der Waals surface area contributed by atoms with Crippen LogP contribution in [0.2, 0.25) is 0 Å². The van der Waals surface area contributed by atoms with Crippen LogP contribution in [-0.2, 0) is 25.5 Å². The highest BCUT2D eigenvalue weighted by Gasteiger charge is 2.33. The number of carbonyl (C=O) groups excluding carboxylic acids is 3. The molecule has 0 unspecified atom stereocenters. The SMILES string of the molecule is CC[C@H](C)[C@H](NC(=O)[C@H](Cc1ccc(O)cc1)NC(=O)[C@@H](NC(=O)OC(C)(C)C)C(C)C)C(=O)O. The van der Waals surface area contributed by atoms with Gasteiger partial charge in [-0.25, -0.2) is 9.59 Å². The van der Waals surface area contributed by atoms with Crippen molar-refractivity contribution in [2.24, 2.45) is 11.8 Å². The number of aromatic hydroxyl groups is 1. The number of rotatable bonds is 11. The van der Waals surface area contributed by atoms with Gasteiger partial charge in [-0.3, -0.25) is 9.59 Å². The average Bonchev–Trinajstić information content (AvgIpc) is 2.74. The summed E-state index contributed by atoms with van der Waals surface area (Å²) in [5.74, 6) is -3.07. The standard InChI is InChI=1S/C25H39N3O7/c1-8-15(4)20(23(32)33)27-21(30)18(13-16-9-11-17(29)12-10-16)26-22(31)19(14(2)3)28-24(34)35-25(5,6)7/h9-12,14-15,18-20,29H,8,13H2,1-7H3,(H,26,31)(H,27,30)(H,28,34)(H,32,33)/t15-,18-,19-,20-/m0/s1. The minimum atomic E-state index is -1.17.